The molecule has 0 spiro atoms. The lowest BCUT2D eigenvalue weighted by Gasteiger charge is -2.22. The largest absolute Gasteiger partial charge is 0.493 e. The molecular weight excluding hydrogens is 266 g/mol. The molecule has 1 aromatic carbocycles. The molecule has 0 saturated carbocycles. The van der Waals surface area contributed by atoms with Gasteiger partial charge in [0.1, 0.15) is 5.75 Å². The van der Waals surface area contributed by atoms with Crippen LogP contribution in [0.15, 0.2) is 24.8 Å². The third kappa shape index (κ3) is 4.67. The highest BCUT2D eigenvalue weighted by atomic mass is 16.7. The van der Waals surface area contributed by atoms with E-state index in [1.807, 2.05) is 18.2 Å². The summed E-state index contributed by atoms with van der Waals surface area (Å²) in [7, 11) is 0. The van der Waals surface area contributed by atoms with Crippen LogP contribution in [0.4, 0.5) is 0 Å². The van der Waals surface area contributed by atoms with E-state index in [1.54, 1.807) is 0 Å². The van der Waals surface area contributed by atoms with E-state index < -0.39 is 0 Å². The molecule has 0 atom stereocenters. The Morgan fingerprint density at radius 1 is 1.29 bits per heavy atom. The number of unbranched alkanes of at least 4 members (excludes halogenated alkanes) is 1. The summed E-state index contributed by atoms with van der Waals surface area (Å²) in [6.07, 6.45) is 3.83. The predicted molar refractivity (Wildman–Crippen MR) is 84.1 cm³/mol. The van der Waals surface area contributed by atoms with Gasteiger partial charge in [0.25, 0.3) is 0 Å². The third-order valence-corrected chi connectivity index (χ3v) is 3.18. The second-order valence-corrected chi connectivity index (χ2v) is 6.20. The smallest absolute Gasteiger partial charge is 0.231 e. The van der Waals surface area contributed by atoms with Gasteiger partial charge >= 0.3 is 0 Å². The summed E-state index contributed by atoms with van der Waals surface area (Å²) < 4.78 is 16.8. The topological polar surface area (TPSA) is 39.7 Å². The Morgan fingerprint density at radius 3 is 2.67 bits per heavy atom. The first-order valence-corrected chi connectivity index (χ1v) is 7.41. The van der Waals surface area contributed by atoms with E-state index in [-0.39, 0.29) is 12.3 Å². The molecule has 0 amide bonds. The van der Waals surface area contributed by atoms with Crippen LogP contribution in [-0.4, -0.2) is 18.9 Å². The molecule has 0 fully saturated rings. The molecule has 4 heteroatoms. The van der Waals surface area contributed by atoms with Crippen molar-refractivity contribution in [2.75, 3.05) is 13.4 Å². The van der Waals surface area contributed by atoms with Gasteiger partial charge in [-0.2, -0.15) is 0 Å². The Morgan fingerprint density at radius 2 is 2.00 bits per heavy atom. The van der Waals surface area contributed by atoms with E-state index in [0.29, 0.717) is 6.61 Å². The highest BCUT2D eigenvalue weighted by Crippen LogP contribution is 2.38. The number of nitrogens with one attached hydrogen (secondary N) is 1. The molecule has 0 aliphatic carbocycles. The van der Waals surface area contributed by atoms with Crippen molar-refractivity contribution in [2.24, 2.45) is 0 Å². The summed E-state index contributed by atoms with van der Waals surface area (Å²) >= 11 is 0. The molecule has 0 saturated heterocycles. The van der Waals surface area contributed by atoms with Gasteiger partial charge in [0.2, 0.25) is 6.79 Å². The maximum Gasteiger partial charge on any atom is 0.231 e. The fraction of sp³-hybridized carbons (Fsp3) is 0.529. The summed E-state index contributed by atoms with van der Waals surface area (Å²) in [6.45, 7) is 11.8. The van der Waals surface area contributed by atoms with Crippen LogP contribution in [0.2, 0.25) is 0 Å². The molecular formula is C17H25NO3. The Kier molecular flexibility index (Phi) is 5.12. The molecule has 116 valence electrons. The fourth-order valence-electron chi connectivity index (χ4n) is 2.01. The van der Waals surface area contributed by atoms with E-state index in [1.165, 1.54) is 0 Å². The molecule has 1 aliphatic rings. The van der Waals surface area contributed by atoms with Gasteiger partial charge in [-0.05, 0) is 39.7 Å². The van der Waals surface area contributed by atoms with Crippen LogP contribution in [0.1, 0.15) is 39.2 Å². The van der Waals surface area contributed by atoms with Crippen LogP contribution >= 0.6 is 0 Å². The van der Waals surface area contributed by atoms with Crippen molar-refractivity contribution in [1.82, 2.24) is 5.32 Å². The fourth-order valence-corrected chi connectivity index (χ4v) is 2.01. The number of rotatable bonds is 7. The Bertz CT molecular complexity index is 492. The van der Waals surface area contributed by atoms with E-state index >= 15 is 0 Å². The number of allylic oxidation sites excluding steroid dienone is 1. The SMILES string of the molecule is C=CCCCOc1cc2c(cc1CNC(C)(C)C)OCO2. The summed E-state index contributed by atoms with van der Waals surface area (Å²) in [6, 6.07) is 3.93. The van der Waals surface area contributed by atoms with E-state index in [9.17, 15) is 0 Å². The Hall–Kier alpha value is -1.68. The van der Waals surface area contributed by atoms with Crippen molar-refractivity contribution < 1.29 is 14.2 Å². The van der Waals surface area contributed by atoms with Gasteiger partial charge in [0.15, 0.2) is 11.5 Å². The molecule has 0 aromatic heterocycles. The second-order valence-electron chi connectivity index (χ2n) is 6.20. The lowest BCUT2D eigenvalue weighted by atomic mass is 10.1. The molecule has 0 radical (unpaired) electrons. The van der Waals surface area contributed by atoms with Gasteiger partial charge in [0.05, 0.1) is 6.61 Å². The minimum atomic E-state index is 0.0521. The molecule has 21 heavy (non-hydrogen) atoms. The zero-order chi connectivity index (χ0) is 15.3. The van der Waals surface area contributed by atoms with Crippen LogP contribution in [0.5, 0.6) is 17.2 Å². The number of benzene rings is 1. The predicted octanol–water partition coefficient (Wildman–Crippen LogP) is 3.65. The van der Waals surface area contributed by atoms with Crippen molar-refractivity contribution in [1.29, 1.82) is 0 Å². The monoisotopic (exact) mass is 291 g/mol. The maximum atomic E-state index is 5.91. The van der Waals surface area contributed by atoms with Gasteiger partial charge in [-0.3, -0.25) is 0 Å². The van der Waals surface area contributed by atoms with Crippen LogP contribution in [0.25, 0.3) is 0 Å². The molecule has 4 nitrogen and oxygen atoms in total. The van der Waals surface area contributed by atoms with Gasteiger partial charge in [0, 0.05) is 23.7 Å². The van der Waals surface area contributed by atoms with Crippen molar-refractivity contribution >= 4 is 0 Å². The van der Waals surface area contributed by atoms with E-state index in [2.05, 4.69) is 32.7 Å². The zero-order valence-electron chi connectivity index (χ0n) is 13.2. The summed E-state index contributed by atoms with van der Waals surface area (Å²) in [5.41, 5.74) is 1.14. The minimum absolute atomic E-state index is 0.0521. The molecule has 1 heterocycles. The molecule has 1 N–H and O–H groups in total. The average molecular weight is 291 g/mol. The van der Waals surface area contributed by atoms with E-state index in [4.69, 9.17) is 14.2 Å². The Balaban J connectivity index is 2.09. The molecule has 2 rings (SSSR count). The van der Waals surface area contributed by atoms with Gasteiger partial charge in [-0.1, -0.05) is 6.08 Å². The van der Waals surface area contributed by atoms with Crippen molar-refractivity contribution in [2.45, 2.75) is 45.7 Å². The van der Waals surface area contributed by atoms with Gasteiger partial charge < -0.3 is 19.5 Å². The van der Waals surface area contributed by atoms with Gasteiger partial charge in [-0.25, -0.2) is 0 Å². The summed E-state index contributed by atoms with van der Waals surface area (Å²) in [5.74, 6) is 2.41. The second kappa shape index (κ2) is 6.85. The number of hydrogen-bond donors (Lipinski definition) is 1. The first-order chi connectivity index (χ1) is 9.99. The highest BCUT2D eigenvalue weighted by Gasteiger charge is 2.19. The quantitative estimate of drug-likeness (QED) is 0.615. The number of ether oxygens (including phenoxy) is 3. The first kappa shape index (κ1) is 15.7. The molecule has 1 aromatic rings. The number of fused-ring (bicyclic) bond motifs is 1. The summed E-state index contributed by atoms with van der Waals surface area (Å²) in [4.78, 5) is 0. The molecule has 0 bridgehead atoms. The van der Waals surface area contributed by atoms with Crippen LogP contribution in [-0.2, 0) is 6.54 Å². The third-order valence-electron chi connectivity index (χ3n) is 3.18. The van der Waals surface area contributed by atoms with Gasteiger partial charge in [-0.15, -0.1) is 6.58 Å². The van der Waals surface area contributed by atoms with Crippen LogP contribution < -0.4 is 19.5 Å². The highest BCUT2D eigenvalue weighted by molar-refractivity contribution is 5.51. The average Bonchev–Trinajstić information content (AvgIpc) is 2.87. The van der Waals surface area contributed by atoms with Crippen LogP contribution in [0.3, 0.4) is 0 Å². The molecule has 0 unspecified atom stereocenters. The lowest BCUT2D eigenvalue weighted by Crippen LogP contribution is -2.35. The summed E-state index contributed by atoms with van der Waals surface area (Å²) in [5, 5.41) is 3.48. The first-order valence-electron chi connectivity index (χ1n) is 7.41. The maximum absolute atomic E-state index is 5.91. The zero-order valence-corrected chi connectivity index (χ0v) is 13.2. The molecule has 1 aliphatic heterocycles. The van der Waals surface area contributed by atoms with Crippen molar-refractivity contribution in [3.05, 3.63) is 30.4 Å². The lowest BCUT2D eigenvalue weighted by molar-refractivity contribution is 0.173. The minimum Gasteiger partial charge on any atom is -0.493 e. The number of hydrogen-bond acceptors (Lipinski definition) is 4. The van der Waals surface area contributed by atoms with E-state index in [0.717, 1.165) is 42.2 Å². The Labute approximate surface area is 127 Å². The van der Waals surface area contributed by atoms with Crippen molar-refractivity contribution in [3.8, 4) is 17.2 Å². The standard InChI is InChI=1S/C17H25NO3/c1-5-6-7-8-19-14-10-16-15(20-12-21-16)9-13(14)11-18-17(2,3)4/h5,9-10,18H,1,6-8,11-12H2,2-4H3. The van der Waals surface area contributed by atoms with Crippen molar-refractivity contribution in [3.63, 3.8) is 0 Å². The van der Waals surface area contributed by atoms with Crippen LogP contribution in [0, 0.1) is 0 Å². The normalized spacial score (nSPS) is 13.3.